The molecule has 2 heterocycles. The predicted molar refractivity (Wildman–Crippen MR) is 197 cm³/mol. The number of carbonyl (C=O) groups excluding carboxylic acids is 2. The molecule has 0 aromatic carbocycles. The molecule has 54 heavy (non-hydrogen) atoms. The van der Waals surface area contributed by atoms with Crippen molar-refractivity contribution in [1.82, 2.24) is 0 Å². The van der Waals surface area contributed by atoms with Gasteiger partial charge < -0.3 is 64.2 Å². The maximum absolute atomic E-state index is 12.8. The molecule has 15 nitrogen and oxygen atoms in total. The molecule has 0 aliphatic carbocycles. The number of unbranched alkanes of at least 4 members (excludes halogenated alkanes) is 10. The van der Waals surface area contributed by atoms with Crippen molar-refractivity contribution in [3.63, 3.8) is 0 Å². The zero-order chi connectivity index (χ0) is 39.7. The molecule has 0 aromatic rings. The van der Waals surface area contributed by atoms with Gasteiger partial charge in [0.05, 0.1) is 19.8 Å². The van der Waals surface area contributed by atoms with Gasteiger partial charge in [0, 0.05) is 12.8 Å². The van der Waals surface area contributed by atoms with Crippen LogP contribution >= 0.6 is 0 Å². The zero-order valence-corrected chi connectivity index (χ0v) is 32.2. The van der Waals surface area contributed by atoms with Crippen molar-refractivity contribution >= 4 is 11.9 Å². The number of aliphatic hydroxyl groups excluding tert-OH is 7. The van der Waals surface area contributed by atoms with E-state index in [0.29, 0.717) is 12.8 Å². The molecule has 7 N–H and O–H groups in total. The summed E-state index contributed by atoms with van der Waals surface area (Å²) in [7, 11) is 0. The quantitative estimate of drug-likeness (QED) is 0.0344. The number of hydrogen-bond donors (Lipinski definition) is 7. The maximum atomic E-state index is 12.8. The van der Waals surface area contributed by atoms with E-state index >= 15 is 0 Å². The van der Waals surface area contributed by atoms with Crippen molar-refractivity contribution in [3.05, 3.63) is 24.3 Å². The zero-order valence-electron chi connectivity index (χ0n) is 32.2. The summed E-state index contributed by atoms with van der Waals surface area (Å²) in [5, 5.41) is 71.4. The lowest BCUT2D eigenvalue weighted by molar-refractivity contribution is -0.332. The van der Waals surface area contributed by atoms with Gasteiger partial charge in [0.25, 0.3) is 0 Å². The van der Waals surface area contributed by atoms with Crippen LogP contribution in [-0.4, -0.2) is 142 Å². The lowest BCUT2D eigenvalue weighted by Crippen LogP contribution is -2.61. The number of carbonyl (C=O) groups is 2. The summed E-state index contributed by atoms with van der Waals surface area (Å²) in [4.78, 5) is 25.2. The fraction of sp³-hybridized carbons (Fsp3) is 0.846. The van der Waals surface area contributed by atoms with E-state index in [4.69, 9.17) is 28.4 Å². The van der Waals surface area contributed by atoms with Crippen LogP contribution in [0.4, 0.5) is 0 Å². The van der Waals surface area contributed by atoms with Crippen LogP contribution in [0.1, 0.15) is 117 Å². The predicted octanol–water partition coefficient (Wildman–Crippen LogP) is 2.48. The van der Waals surface area contributed by atoms with Crippen LogP contribution in [0.3, 0.4) is 0 Å². The molecular weight excluding hydrogens is 708 g/mol. The smallest absolute Gasteiger partial charge is 0.306 e. The Hall–Kier alpha value is -2.02. The van der Waals surface area contributed by atoms with E-state index < -0.39 is 92.7 Å². The minimum atomic E-state index is -1.76. The van der Waals surface area contributed by atoms with Crippen LogP contribution in [0.2, 0.25) is 0 Å². The van der Waals surface area contributed by atoms with E-state index in [-0.39, 0.29) is 26.1 Å². The summed E-state index contributed by atoms with van der Waals surface area (Å²) in [5.74, 6) is -0.966. The van der Waals surface area contributed by atoms with Crippen molar-refractivity contribution < 1.29 is 73.8 Å². The molecule has 314 valence electrons. The van der Waals surface area contributed by atoms with Crippen LogP contribution in [0.5, 0.6) is 0 Å². The molecule has 0 aromatic heterocycles. The standard InChI is InChI=1S/C39H68O15/c1-3-5-7-9-10-11-12-13-14-15-16-17-18-20-22-31(42)52-27(24-49-30(41)21-19-8-6-4-2)25-50-38-37(48)35(46)33(44)29(54-38)26-51-39-36(47)34(45)32(43)28(23-40)53-39/h9-10,12-13,27-29,32-40,43-48H,3-8,11,14-26H2,1-2H3/b10-9-,13-12-. The number of ether oxygens (including phenoxy) is 6. The summed E-state index contributed by atoms with van der Waals surface area (Å²) < 4.78 is 33.1. The van der Waals surface area contributed by atoms with Crippen molar-refractivity contribution in [2.24, 2.45) is 0 Å². The van der Waals surface area contributed by atoms with E-state index in [1.165, 1.54) is 12.8 Å². The Kier molecular flexibility index (Phi) is 25.3. The Morgan fingerprint density at radius 1 is 0.593 bits per heavy atom. The Morgan fingerprint density at radius 2 is 1.13 bits per heavy atom. The molecular formula is C39H68O15. The van der Waals surface area contributed by atoms with Crippen LogP contribution < -0.4 is 0 Å². The highest BCUT2D eigenvalue weighted by molar-refractivity contribution is 5.70. The Labute approximate surface area is 320 Å². The minimum absolute atomic E-state index is 0.149. The second-order valence-electron chi connectivity index (χ2n) is 14.1. The van der Waals surface area contributed by atoms with E-state index in [9.17, 15) is 45.3 Å². The first-order valence-electron chi connectivity index (χ1n) is 19.9. The number of rotatable bonds is 28. The van der Waals surface area contributed by atoms with Gasteiger partial charge >= 0.3 is 11.9 Å². The normalized spacial score (nSPS) is 29.5. The molecule has 2 aliphatic rings. The van der Waals surface area contributed by atoms with E-state index in [0.717, 1.165) is 64.2 Å². The number of aliphatic hydroxyl groups is 7. The molecule has 0 saturated carbocycles. The first kappa shape index (κ1) is 48.1. The second-order valence-corrected chi connectivity index (χ2v) is 14.1. The van der Waals surface area contributed by atoms with E-state index in [1.807, 2.05) is 0 Å². The Morgan fingerprint density at radius 3 is 1.78 bits per heavy atom. The molecule has 2 aliphatic heterocycles. The third kappa shape index (κ3) is 18.3. The lowest BCUT2D eigenvalue weighted by atomic mass is 9.98. The molecule has 2 fully saturated rings. The van der Waals surface area contributed by atoms with Crippen LogP contribution in [0.25, 0.3) is 0 Å². The van der Waals surface area contributed by atoms with Gasteiger partial charge in [0.15, 0.2) is 18.7 Å². The average Bonchev–Trinajstić information content (AvgIpc) is 3.16. The average molecular weight is 777 g/mol. The van der Waals surface area contributed by atoms with Crippen LogP contribution in [0, 0.1) is 0 Å². The third-order valence-corrected chi connectivity index (χ3v) is 9.43. The SMILES string of the molecule is CCCC/C=C\C/C=C\CCCCCCCC(=O)OC(COC(=O)CCCCCC)COC1OC(COC2OC(CO)C(O)C(O)C2O)C(O)C(O)C1O. The Balaban J connectivity index is 1.86. The van der Waals surface area contributed by atoms with Gasteiger partial charge in [-0.25, -0.2) is 0 Å². The highest BCUT2D eigenvalue weighted by atomic mass is 16.7. The van der Waals surface area contributed by atoms with Crippen molar-refractivity contribution in [3.8, 4) is 0 Å². The maximum Gasteiger partial charge on any atom is 0.306 e. The summed E-state index contributed by atoms with van der Waals surface area (Å²) >= 11 is 0. The minimum Gasteiger partial charge on any atom is -0.462 e. The molecule has 0 amide bonds. The molecule has 15 heteroatoms. The molecule has 2 saturated heterocycles. The van der Waals surface area contributed by atoms with Crippen molar-refractivity contribution in [2.75, 3.05) is 26.4 Å². The second kappa shape index (κ2) is 28.4. The highest BCUT2D eigenvalue weighted by Gasteiger charge is 2.47. The van der Waals surface area contributed by atoms with Crippen LogP contribution in [0.15, 0.2) is 24.3 Å². The molecule has 11 unspecified atom stereocenters. The molecule has 0 spiro atoms. The largest absolute Gasteiger partial charge is 0.462 e. The third-order valence-electron chi connectivity index (χ3n) is 9.43. The van der Waals surface area contributed by atoms with Gasteiger partial charge in [0.1, 0.15) is 55.4 Å². The van der Waals surface area contributed by atoms with Gasteiger partial charge in [-0.2, -0.15) is 0 Å². The first-order chi connectivity index (χ1) is 26.0. The fourth-order valence-electron chi connectivity index (χ4n) is 5.99. The monoisotopic (exact) mass is 776 g/mol. The first-order valence-corrected chi connectivity index (χ1v) is 19.9. The molecule has 0 radical (unpaired) electrons. The van der Waals surface area contributed by atoms with Crippen molar-refractivity contribution in [2.45, 2.75) is 184 Å². The summed E-state index contributed by atoms with van der Waals surface area (Å²) in [6.45, 7) is 2.35. The topological polar surface area (TPSA) is 231 Å². The summed E-state index contributed by atoms with van der Waals surface area (Å²) in [5.41, 5.74) is 0. The van der Waals surface area contributed by atoms with Gasteiger partial charge in [-0.15, -0.1) is 0 Å². The molecule has 2 rings (SSSR count). The van der Waals surface area contributed by atoms with E-state index in [1.54, 1.807) is 0 Å². The number of hydrogen-bond acceptors (Lipinski definition) is 15. The fourth-order valence-corrected chi connectivity index (χ4v) is 5.99. The van der Waals surface area contributed by atoms with E-state index in [2.05, 4.69) is 38.2 Å². The molecule has 11 atom stereocenters. The summed E-state index contributed by atoms with van der Waals surface area (Å²) in [6, 6.07) is 0. The Bertz CT molecular complexity index is 1060. The number of allylic oxidation sites excluding steroid dienone is 4. The van der Waals surface area contributed by atoms with Crippen molar-refractivity contribution in [1.29, 1.82) is 0 Å². The highest BCUT2D eigenvalue weighted by Crippen LogP contribution is 2.26. The summed E-state index contributed by atoms with van der Waals surface area (Å²) in [6.07, 6.45) is 5.96. The number of esters is 2. The van der Waals surface area contributed by atoms with Crippen LogP contribution in [-0.2, 0) is 38.0 Å². The van der Waals surface area contributed by atoms with Gasteiger partial charge in [-0.1, -0.05) is 89.5 Å². The molecule has 0 bridgehead atoms. The van der Waals surface area contributed by atoms with Gasteiger partial charge in [0.2, 0.25) is 0 Å². The van der Waals surface area contributed by atoms with Gasteiger partial charge in [-0.3, -0.25) is 9.59 Å². The van der Waals surface area contributed by atoms with Gasteiger partial charge in [-0.05, 0) is 38.5 Å². The lowest BCUT2D eigenvalue weighted by Gasteiger charge is -2.42.